The maximum Gasteiger partial charge on any atom is 0.308 e. The van der Waals surface area contributed by atoms with Crippen molar-refractivity contribution in [1.29, 1.82) is 0 Å². The first-order valence-corrected chi connectivity index (χ1v) is 17.6. The number of ether oxygens (including phenoxy) is 2. The molecule has 2 N–H and O–H groups in total. The molecular weight excluding hydrogens is 578 g/mol. The average Bonchev–Trinajstić information content (AvgIpc) is 2.95. The highest BCUT2D eigenvalue weighted by molar-refractivity contribution is 7.99. The van der Waals surface area contributed by atoms with E-state index in [1.54, 1.807) is 0 Å². The van der Waals surface area contributed by atoms with Gasteiger partial charge in [-0.1, -0.05) is 57.0 Å². The number of carbonyl (C=O) groups is 2. The molecule has 7 atom stereocenters. The van der Waals surface area contributed by atoms with E-state index >= 15 is 0 Å². The van der Waals surface area contributed by atoms with Crippen molar-refractivity contribution in [3.63, 3.8) is 0 Å². The van der Waals surface area contributed by atoms with Crippen LogP contribution in [0.4, 0.5) is 0 Å². The summed E-state index contributed by atoms with van der Waals surface area (Å²) < 4.78 is 11.6. The highest BCUT2D eigenvalue weighted by Crippen LogP contribution is 2.75. The van der Waals surface area contributed by atoms with E-state index in [1.807, 2.05) is 24.8 Å². The van der Waals surface area contributed by atoms with Crippen molar-refractivity contribution < 1.29 is 19.1 Å². The highest BCUT2D eigenvalue weighted by atomic mass is 32.2. The first-order chi connectivity index (χ1) is 20.9. The van der Waals surface area contributed by atoms with Gasteiger partial charge >= 0.3 is 11.9 Å². The molecule has 242 valence electrons. The number of thioether (sulfide) groups is 1. The fourth-order valence-electron chi connectivity index (χ4n) is 10.1. The predicted molar refractivity (Wildman–Crippen MR) is 182 cm³/mol. The van der Waals surface area contributed by atoms with Crippen LogP contribution >= 0.6 is 11.8 Å². The van der Waals surface area contributed by atoms with Gasteiger partial charge in [0.05, 0.1) is 5.25 Å². The first-order valence-electron chi connectivity index (χ1n) is 16.7. The monoisotopic (exact) mass is 629 g/mol. The Morgan fingerprint density at radius 3 is 2.16 bits per heavy atom. The summed E-state index contributed by atoms with van der Waals surface area (Å²) >= 11 is 1.85. The number of fused-ring (bicyclic) bond motifs is 7. The summed E-state index contributed by atoms with van der Waals surface area (Å²) in [6.07, 6.45) is 10.4. The van der Waals surface area contributed by atoms with Gasteiger partial charge in [-0.05, 0) is 117 Å². The molecule has 4 aliphatic carbocycles. The van der Waals surface area contributed by atoms with Gasteiger partial charge in [-0.2, -0.15) is 0 Å². The van der Waals surface area contributed by atoms with Gasteiger partial charge in [-0.25, -0.2) is 0 Å². The van der Waals surface area contributed by atoms with Crippen LogP contribution in [0.25, 0.3) is 0 Å². The van der Waals surface area contributed by atoms with Crippen LogP contribution in [0.15, 0.2) is 46.9 Å². The first kappa shape index (κ1) is 32.4. The summed E-state index contributed by atoms with van der Waals surface area (Å²) in [5.41, 5.74) is 12.9. The molecule has 6 rings (SSSR count). The number of hydrogen-bond acceptors (Lipinski definition) is 6. The van der Waals surface area contributed by atoms with Gasteiger partial charge in [-0.3, -0.25) is 9.59 Å². The maximum atomic E-state index is 12.3. The lowest BCUT2D eigenvalue weighted by Gasteiger charge is -2.70. The number of nitrogens with two attached hydrogens (primary N) is 1. The van der Waals surface area contributed by atoms with Crippen LogP contribution < -0.4 is 15.2 Å². The minimum Gasteiger partial charge on any atom is -0.423 e. The van der Waals surface area contributed by atoms with Crippen molar-refractivity contribution in [1.82, 2.24) is 0 Å². The van der Waals surface area contributed by atoms with Crippen LogP contribution in [0.5, 0.6) is 11.5 Å². The third kappa shape index (κ3) is 5.10. The SMILES string of the molecule is CC(=O)Oc1cc2c(c(C)c1OC(C)=O)C(Sc1ccc(C)cc1)C=C1[C@@]2(C)CC[C@@]2(C)[C@@H]3C[C@](C)(N)CC[C@]3(C)CC[C@]12C. The van der Waals surface area contributed by atoms with Crippen molar-refractivity contribution >= 4 is 23.7 Å². The summed E-state index contributed by atoms with van der Waals surface area (Å²) in [7, 11) is 0. The average molecular weight is 630 g/mol. The smallest absolute Gasteiger partial charge is 0.308 e. The van der Waals surface area contributed by atoms with Crippen molar-refractivity contribution in [2.75, 3.05) is 0 Å². The van der Waals surface area contributed by atoms with E-state index in [2.05, 4.69) is 71.9 Å². The third-order valence-corrected chi connectivity index (χ3v) is 14.0. The Labute approximate surface area is 274 Å². The molecule has 0 radical (unpaired) electrons. The van der Waals surface area contributed by atoms with E-state index in [4.69, 9.17) is 15.2 Å². The molecule has 0 aromatic heterocycles. The molecule has 2 aromatic carbocycles. The third-order valence-electron chi connectivity index (χ3n) is 12.9. The predicted octanol–water partition coefficient (Wildman–Crippen LogP) is 9.31. The molecule has 0 spiro atoms. The molecule has 0 heterocycles. The van der Waals surface area contributed by atoms with Crippen LogP contribution in [0.3, 0.4) is 0 Å². The fraction of sp³-hybridized carbons (Fsp3) is 0.590. The Bertz CT molecular complexity index is 1590. The minimum atomic E-state index is -0.432. The van der Waals surface area contributed by atoms with Gasteiger partial charge < -0.3 is 15.2 Å². The normalized spacial score (nSPS) is 36.9. The molecule has 2 aromatic rings. The van der Waals surface area contributed by atoms with Crippen molar-refractivity contribution in [2.45, 2.75) is 128 Å². The summed E-state index contributed by atoms with van der Waals surface area (Å²) in [6, 6.07) is 10.7. The van der Waals surface area contributed by atoms with Gasteiger partial charge in [0.15, 0.2) is 11.5 Å². The number of benzene rings is 2. The number of hydrogen-bond donors (Lipinski definition) is 1. The molecule has 3 saturated carbocycles. The van der Waals surface area contributed by atoms with Crippen molar-refractivity contribution in [2.24, 2.45) is 27.9 Å². The standard InChI is InChI=1S/C39H51NO4S/c1-23-10-12-27(13-11-23)45-30-21-31-37(7,28-20-29(43-25(3)41)34(44-26(4)42)24(2)33(28)30)17-19-39(9)32-22-36(6,40)16-14-35(32,5)15-18-38(31,39)8/h10-13,20-21,30,32H,14-19,22,40H2,1-9H3/t30?,32-,35-,36-,37+,38-,39+/m1/s1. The topological polar surface area (TPSA) is 78.6 Å². The minimum absolute atomic E-state index is 0.00471. The summed E-state index contributed by atoms with van der Waals surface area (Å²) in [4.78, 5) is 25.8. The Kier molecular flexibility index (Phi) is 7.72. The van der Waals surface area contributed by atoms with Gasteiger partial charge in [0.1, 0.15) is 0 Å². The van der Waals surface area contributed by atoms with Gasteiger partial charge in [-0.15, -0.1) is 11.8 Å². The van der Waals surface area contributed by atoms with Crippen LogP contribution in [0.1, 0.15) is 121 Å². The maximum absolute atomic E-state index is 12.3. The summed E-state index contributed by atoms with van der Waals surface area (Å²) in [5, 5.41) is 0.00471. The van der Waals surface area contributed by atoms with Gasteiger partial charge in [0, 0.05) is 35.3 Å². The van der Waals surface area contributed by atoms with Crippen LogP contribution in [-0.2, 0) is 15.0 Å². The lowest BCUT2D eigenvalue weighted by molar-refractivity contribution is -0.148. The number of rotatable bonds is 4. The summed E-state index contributed by atoms with van der Waals surface area (Å²) in [5.74, 6) is 0.361. The van der Waals surface area contributed by atoms with E-state index in [0.717, 1.165) is 37.7 Å². The molecule has 0 aliphatic heterocycles. The second-order valence-electron chi connectivity index (χ2n) is 16.1. The van der Waals surface area contributed by atoms with Crippen LogP contribution in [-0.4, -0.2) is 17.5 Å². The zero-order chi connectivity index (χ0) is 32.7. The molecule has 45 heavy (non-hydrogen) atoms. The second kappa shape index (κ2) is 10.7. The molecule has 5 nitrogen and oxygen atoms in total. The highest BCUT2D eigenvalue weighted by Gasteiger charge is 2.66. The molecule has 3 fully saturated rings. The number of aryl methyl sites for hydroxylation is 1. The molecule has 0 bridgehead atoms. The van der Waals surface area contributed by atoms with Gasteiger partial charge in [0.2, 0.25) is 0 Å². The van der Waals surface area contributed by atoms with Crippen LogP contribution in [0.2, 0.25) is 0 Å². The molecule has 0 saturated heterocycles. The number of allylic oxidation sites excluding steroid dienone is 1. The van der Waals surface area contributed by atoms with E-state index in [9.17, 15) is 9.59 Å². The lowest BCUT2D eigenvalue weighted by atomic mass is 9.35. The van der Waals surface area contributed by atoms with Crippen molar-refractivity contribution in [3.8, 4) is 11.5 Å². The Balaban J connectivity index is 1.57. The second-order valence-corrected chi connectivity index (χ2v) is 17.3. The summed E-state index contributed by atoms with van der Waals surface area (Å²) in [6.45, 7) is 19.2. The Hall–Kier alpha value is -2.57. The van der Waals surface area contributed by atoms with Crippen molar-refractivity contribution in [3.05, 3.63) is 64.2 Å². The quantitative estimate of drug-likeness (QED) is 0.206. The van der Waals surface area contributed by atoms with E-state index in [-0.39, 0.29) is 27.0 Å². The zero-order valence-electron chi connectivity index (χ0n) is 28.7. The lowest BCUT2D eigenvalue weighted by Crippen LogP contribution is -2.63. The Morgan fingerprint density at radius 2 is 1.51 bits per heavy atom. The molecular formula is C39H51NO4S. The molecule has 4 aliphatic rings. The van der Waals surface area contributed by atoms with E-state index in [0.29, 0.717) is 22.8 Å². The molecule has 1 unspecified atom stereocenters. The largest absolute Gasteiger partial charge is 0.423 e. The van der Waals surface area contributed by atoms with E-state index in [1.165, 1.54) is 53.8 Å². The van der Waals surface area contributed by atoms with Gasteiger partial charge in [0.25, 0.3) is 0 Å². The molecule has 6 heteroatoms. The fourth-order valence-corrected chi connectivity index (χ4v) is 11.3. The number of esters is 2. The Morgan fingerprint density at radius 1 is 0.867 bits per heavy atom. The van der Waals surface area contributed by atoms with E-state index < -0.39 is 11.9 Å². The van der Waals surface area contributed by atoms with Crippen LogP contribution in [0, 0.1) is 36.0 Å². The molecule has 0 amide bonds. The number of carbonyl (C=O) groups excluding carboxylic acids is 2. The zero-order valence-corrected chi connectivity index (χ0v) is 29.5.